The van der Waals surface area contributed by atoms with E-state index in [-0.39, 0.29) is 29.7 Å². The van der Waals surface area contributed by atoms with Gasteiger partial charge in [-0.3, -0.25) is 14.5 Å². The van der Waals surface area contributed by atoms with Gasteiger partial charge in [-0.2, -0.15) is 0 Å². The summed E-state index contributed by atoms with van der Waals surface area (Å²) in [6, 6.07) is 6.94. The van der Waals surface area contributed by atoms with E-state index in [1.165, 1.54) is 12.1 Å². The summed E-state index contributed by atoms with van der Waals surface area (Å²) >= 11 is 0. The highest BCUT2D eigenvalue weighted by molar-refractivity contribution is 6.35. The van der Waals surface area contributed by atoms with Gasteiger partial charge in [-0.1, -0.05) is 12.1 Å². The van der Waals surface area contributed by atoms with E-state index in [1.54, 1.807) is 4.90 Å². The number of hydrogen-bond acceptors (Lipinski definition) is 4. The van der Waals surface area contributed by atoms with Crippen LogP contribution in [0, 0.1) is 11.7 Å². The molecule has 5 heterocycles. The van der Waals surface area contributed by atoms with Crippen molar-refractivity contribution >= 4 is 11.8 Å². The quantitative estimate of drug-likeness (QED) is 0.677. The smallest absolute Gasteiger partial charge is 0.312 e. The van der Waals surface area contributed by atoms with E-state index in [0.29, 0.717) is 38.8 Å². The van der Waals surface area contributed by atoms with Gasteiger partial charge in [0.05, 0.1) is 19.3 Å². The van der Waals surface area contributed by atoms with E-state index < -0.39 is 5.91 Å². The molecule has 2 amide bonds. The number of likely N-dealkylation sites (tertiary alicyclic amines) is 1. The Morgan fingerprint density at radius 2 is 1.61 bits per heavy atom. The summed E-state index contributed by atoms with van der Waals surface area (Å²) in [5.74, 6) is -0.468. The highest BCUT2D eigenvalue weighted by Gasteiger charge is 2.55. The number of hydrogen-bond donors (Lipinski definition) is 0. The second-order valence-corrected chi connectivity index (χ2v) is 8.37. The fourth-order valence-corrected chi connectivity index (χ4v) is 5.68. The molecule has 3 atom stereocenters. The lowest BCUT2D eigenvalue weighted by Crippen LogP contribution is -2.62. The third kappa shape index (κ3) is 2.92. The highest BCUT2D eigenvalue weighted by atomic mass is 19.1. The van der Waals surface area contributed by atoms with Crippen molar-refractivity contribution in [1.82, 2.24) is 14.7 Å². The van der Waals surface area contributed by atoms with Crippen LogP contribution in [-0.4, -0.2) is 84.5 Å². The van der Waals surface area contributed by atoms with Gasteiger partial charge in [0.15, 0.2) is 0 Å². The molecule has 2 bridgehead atoms. The molecule has 6 rings (SSSR count). The van der Waals surface area contributed by atoms with Gasteiger partial charge in [0.25, 0.3) is 0 Å². The van der Waals surface area contributed by atoms with E-state index in [1.807, 2.05) is 17.0 Å². The Morgan fingerprint density at radius 3 is 2.29 bits per heavy atom. The Balaban J connectivity index is 1.44. The van der Waals surface area contributed by atoms with Crippen LogP contribution in [0.25, 0.3) is 0 Å². The lowest BCUT2D eigenvalue weighted by atomic mass is 9.75. The third-order valence-electron chi connectivity index (χ3n) is 7.03. The maximum atomic E-state index is 13.4. The molecule has 150 valence electrons. The topological polar surface area (TPSA) is 53.1 Å². The Labute approximate surface area is 164 Å². The van der Waals surface area contributed by atoms with Gasteiger partial charge in [0.1, 0.15) is 5.82 Å². The Morgan fingerprint density at radius 1 is 0.929 bits per heavy atom. The van der Waals surface area contributed by atoms with Crippen molar-refractivity contribution < 1.29 is 18.7 Å². The normalized spacial score (nSPS) is 34.4. The fraction of sp³-hybridized carbons (Fsp3) is 0.619. The van der Waals surface area contributed by atoms with Gasteiger partial charge >= 0.3 is 11.8 Å². The minimum Gasteiger partial charge on any atom is -0.378 e. The number of halogens is 1. The first-order valence-electron chi connectivity index (χ1n) is 10.3. The van der Waals surface area contributed by atoms with Crippen LogP contribution >= 0.6 is 0 Å². The molecule has 0 aliphatic carbocycles. The number of ether oxygens (including phenoxy) is 1. The molecule has 5 saturated heterocycles. The van der Waals surface area contributed by atoms with E-state index >= 15 is 0 Å². The van der Waals surface area contributed by atoms with Crippen molar-refractivity contribution in [3.63, 3.8) is 0 Å². The Bertz CT molecular complexity index is 757. The lowest BCUT2D eigenvalue weighted by Gasteiger charge is -2.51. The van der Waals surface area contributed by atoms with Crippen LogP contribution in [0.4, 0.5) is 4.39 Å². The number of piperidine rings is 3. The van der Waals surface area contributed by atoms with Crippen molar-refractivity contribution in [2.45, 2.75) is 30.8 Å². The summed E-state index contributed by atoms with van der Waals surface area (Å²) in [4.78, 5) is 32.0. The zero-order chi connectivity index (χ0) is 19.3. The summed E-state index contributed by atoms with van der Waals surface area (Å²) < 4.78 is 18.7. The first-order chi connectivity index (χ1) is 13.6. The SMILES string of the molecule is O=C(C(=O)N1C[C@@H](c2ccc(F)cc2)[C@@H]2[C@H]1C1CCN2CC1)N1CCOCC1. The standard InChI is InChI=1S/C21H26FN3O3/c22-16-3-1-14(2-4-16)17-13-25(18-15-5-7-23(8-6-15)19(17)18)21(27)20(26)24-9-11-28-12-10-24/h1-4,15,17-19H,5-13H2/t17-,18+,19+/m0/s1. The van der Waals surface area contributed by atoms with Gasteiger partial charge in [-0.05, 0) is 49.5 Å². The van der Waals surface area contributed by atoms with Crippen molar-refractivity contribution in [2.75, 3.05) is 45.9 Å². The molecule has 6 nitrogen and oxygen atoms in total. The number of amides is 2. The number of carbonyl (C=O) groups excluding carboxylic acids is 2. The van der Waals surface area contributed by atoms with Gasteiger partial charge in [0.2, 0.25) is 0 Å². The second-order valence-electron chi connectivity index (χ2n) is 8.37. The summed E-state index contributed by atoms with van der Waals surface area (Å²) in [6.07, 6.45) is 2.15. The van der Waals surface area contributed by atoms with Crippen LogP contribution in [0.15, 0.2) is 24.3 Å². The zero-order valence-corrected chi connectivity index (χ0v) is 15.9. The number of carbonyl (C=O) groups is 2. The number of fused-ring (bicyclic) bond motifs is 2. The van der Waals surface area contributed by atoms with E-state index in [0.717, 1.165) is 31.5 Å². The van der Waals surface area contributed by atoms with Crippen molar-refractivity contribution in [3.05, 3.63) is 35.6 Å². The average Bonchev–Trinajstić information content (AvgIpc) is 3.17. The molecular weight excluding hydrogens is 361 g/mol. The third-order valence-corrected chi connectivity index (χ3v) is 7.03. The second kappa shape index (κ2) is 7.12. The fourth-order valence-electron chi connectivity index (χ4n) is 5.68. The van der Waals surface area contributed by atoms with Gasteiger partial charge in [-0.15, -0.1) is 0 Å². The van der Waals surface area contributed by atoms with Crippen LogP contribution in [-0.2, 0) is 14.3 Å². The number of benzene rings is 1. The van der Waals surface area contributed by atoms with Crippen LogP contribution in [0.1, 0.15) is 24.3 Å². The summed E-state index contributed by atoms with van der Waals surface area (Å²) in [5.41, 5.74) is 1.05. The molecule has 1 aromatic carbocycles. The Kier molecular flexibility index (Phi) is 4.59. The molecule has 5 fully saturated rings. The van der Waals surface area contributed by atoms with Crippen LogP contribution < -0.4 is 0 Å². The highest BCUT2D eigenvalue weighted by Crippen LogP contribution is 2.46. The predicted octanol–water partition coefficient (Wildman–Crippen LogP) is 1.07. The summed E-state index contributed by atoms with van der Waals surface area (Å²) in [7, 11) is 0. The van der Waals surface area contributed by atoms with Gasteiger partial charge in [-0.25, -0.2) is 4.39 Å². The minimum atomic E-state index is -0.404. The lowest BCUT2D eigenvalue weighted by molar-refractivity contribution is -0.156. The van der Waals surface area contributed by atoms with Crippen LogP contribution in [0.5, 0.6) is 0 Å². The summed E-state index contributed by atoms with van der Waals surface area (Å²) in [5, 5.41) is 0. The summed E-state index contributed by atoms with van der Waals surface area (Å²) in [6.45, 7) is 4.54. The molecular formula is C21H26FN3O3. The molecule has 0 N–H and O–H groups in total. The predicted molar refractivity (Wildman–Crippen MR) is 100 cm³/mol. The molecule has 7 heteroatoms. The molecule has 0 saturated carbocycles. The van der Waals surface area contributed by atoms with Crippen molar-refractivity contribution in [2.24, 2.45) is 5.92 Å². The van der Waals surface area contributed by atoms with E-state index in [2.05, 4.69) is 4.90 Å². The molecule has 5 aliphatic heterocycles. The maximum absolute atomic E-state index is 13.4. The molecule has 0 aromatic heterocycles. The van der Waals surface area contributed by atoms with Crippen LogP contribution in [0.2, 0.25) is 0 Å². The largest absolute Gasteiger partial charge is 0.378 e. The molecule has 28 heavy (non-hydrogen) atoms. The molecule has 1 aromatic rings. The molecule has 0 spiro atoms. The van der Waals surface area contributed by atoms with Gasteiger partial charge in [0, 0.05) is 31.6 Å². The molecule has 0 unspecified atom stereocenters. The van der Waals surface area contributed by atoms with Crippen LogP contribution in [0.3, 0.4) is 0 Å². The van der Waals surface area contributed by atoms with Crippen molar-refractivity contribution in [1.29, 1.82) is 0 Å². The molecule has 5 aliphatic rings. The molecule has 0 radical (unpaired) electrons. The minimum absolute atomic E-state index is 0.0787. The van der Waals surface area contributed by atoms with Gasteiger partial charge < -0.3 is 14.5 Å². The maximum Gasteiger partial charge on any atom is 0.312 e. The first kappa shape index (κ1) is 18.1. The average molecular weight is 387 g/mol. The van der Waals surface area contributed by atoms with E-state index in [4.69, 9.17) is 4.74 Å². The van der Waals surface area contributed by atoms with Crippen molar-refractivity contribution in [3.8, 4) is 0 Å². The number of rotatable bonds is 1. The number of morpholine rings is 1. The first-order valence-corrected chi connectivity index (χ1v) is 10.3. The zero-order valence-electron chi connectivity index (χ0n) is 15.9. The Hall–Kier alpha value is -1.99. The monoisotopic (exact) mass is 387 g/mol. The van der Waals surface area contributed by atoms with E-state index in [9.17, 15) is 14.0 Å². The number of nitrogens with zero attached hydrogens (tertiary/aromatic N) is 3.